The molecule has 12 heteroatoms. The molecule has 5 amide bonds. The van der Waals surface area contributed by atoms with Crippen LogP contribution in [0.15, 0.2) is 0 Å². The third-order valence-electron chi connectivity index (χ3n) is 8.94. The summed E-state index contributed by atoms with van der Waals surface area (Å²) in [6, 6.07) is -4.60. The van der Waals surface area contributed by atoms with Gasteiger partial charge in [-0.15, -0.1) is 0 Å². The van der Waals surface area contributed by atoms with E-state index in [0.29, 0.717) is 6.42 Å². The summed E-state index contributed by atoms with van der Waals surface area (Å²) in [6.45, 7) is 20.8. The lowest BCUT2D eigenvalue weighted by atomic mass is 9.83. The number of amides is 5. The third kappa shape index (κ3) is 15.1. The minimum Gasteiger partial charge on any atom is -0.458 e. The monoisotopic (exact) mass is 694 g/mol. The molecule has 3 rings (SSSR count). The molecule has 2 aliphatic carbocycles. The van der Waals surface area contributed by atoms with E-state index in [4.69, 9.17) is 10.5 Å². The van der Waals surface area contributed by atoms with Crippen molar-refractivity contribution in [3.8, 4) is 0 Å². The smallest absolute Gasteiger partial charge is 0.329 e. The molecule has 12 nitrogen and oxygen atoms in total. The first kappa shape index (κ1) is 43.8. The Morgan fingerprint density at radius 3 is 1.78 bits per heavy atom. The number of carbonyl (C=O) groups is 6. The summed E-state index contributed by atoms with van der Waals surface area (Å²) in [5.74, 6) is -2.68. The summed E-state index contributed by atoms with van der Waals surface area (Å²) in [4.78, 5) is 78.0. The molecule has 0 bridgehead atoms. The maximum Gasteiger partial charge on any atom is 0.329 e. The van der Waals surface area contributed by atoms with Crippen molar-refractivity contribution >= 4 is 35.5 Å². The van der Waals surface area contributed by atoms with Crippen molar-refractivity contribution in [2.75, 3.05) is 6.54 Å². The number of nitrogens with two attached hydrogens (primary N) is 1. The van der Waals surface area contributed by atoms with Gasteiger partial charge in [-0.2, -0.15) is 0 Å². The number of urea groups is 1. The average molecular weight is 694 g/mol. The van der Waals surface area contributed by atoms with Crippen LogP contribution >= 0.6 is 0 Å². The molecular formula is C37H67N5O7. The fourth-order valence-electron chi connectivity index (χ4n) is 6.07. The van der Waals surface area contributed by atoms with Crippen molar-refractivity contribution in [2.45, 2.75) is 170 Å². The van der Waals surface area contributed by atoms with E-state index in [0.717, 1.165) is 38.0 Å². The molecule has 1 aliphatic heterocycles. The van der Waals surface area contributed by atoms with Gasteiger partial charge >= 0.3 is 12.0 Å². The largest absolute Gasteiger partial charge is 0.458 e. The lowest BCUT2D eigenvalue weighted by Gasteiger charge is -2.36. The predicted molar refractivity (Wildman–Crippen MR) is 191 cm³/mol. The van der Waals surface area contributed by atoms with Crippen LogP contribution in [0.25, 0.3) is 0 Å². The maximum atomic E-state index is 13.9. The van der Waals surface area contributed by atoms with Crippen molar-refractivity contribution in [1.82, 2.24) is 20.9 Å². The number of hydrogen-bond acceptors (Lipinski definition) is 7. The first-order valence-electron chi connectivity index (χ1n) is 18.4. The Morgan fingerprint density at radius 1 is 0.816 bits per heavy atom. The second-order valence-electron chi connectivity index (χ2n) is 16.4. The van der Waals surface area contributed by atoms with Gasteiger partial charge in [-0.25, -0.2) is 9.59 Å². The molecule has 3 aliphatic rings. The molecule has 0 radical (unpaired) electrons. The minimum absolute atomic E-state index is 0.0193. The molecule has 2 saturated carbocycles. The van der Waals surface area contributed by atoms with Crippen LogP contribution in [0, 0.1) is 23.2 Å². The zero-order chi connectivity index (χ0) is 37.7. The topological polar surface area (TPSA) is 177 Å². The van der Waals surface area contributed by atoms with Crippen LogP contribution < -0.4 is 21.7 Å². The summed E-state index contributed by atoms with van der Waals surface area (Å²) >= 11 is 0. The van der Waals surface area contributed by atoms with Gasteiger partial charge in [0, 0.05) is 6.54 Å². The van der Waals surface area contributed by atoms with Gasteiger partial charge in [-0.05, 0) is 70.1 Å². The number of likely N-dealkylation sites (tertiary alicyclic amines) is 1. The van der Waals surface area contributed by atoms with Crippen molar-refractivity contribution in [3.05, 3.63) is 0 Å². The van der Waals surface area contributed by atoms with Crippen molar-refractivity contribution in [3.63, 3.8) is 0 Å². The quantitative estimate of drug-likeness (QED) is 0.194. The summed E-state index contributed by atoms with van der Waals surface area (Å²) in [5, 5.41) is 8.05. The van der Waals surface area contributed by atoms with Crippen LogP contribution in [0.5, 0.6) is 0 Å². The molecule has 3 fully saturated rings. The van der Waals surface area contributed by atoms with Gasteiger partial charge in [0.15, 0.2) is 0 Å². The van der Waals surface area contributed by atoms with Gasteiger partial charge in [0.1, 0.15) is 23.7 Å². The average Bonchev–Trinajstić information content (AvgIpc) is 3.38. The summed E-state index contributed by atoms with van der Waals surface area (Å²) in [5.41, 5.74) is 3.57. The number of ether oxygens (including phenoxy) is 1. The molecule has 49 heavy (non-hydrogen) atoms. The Morgan fingerprint density at radius 2 is 1.35 bits per heavy atom. The van der Waals surface area contributed by atoms with E-state index in [-0.39, 0.29) is 18.4 Å². The van der Waals surface area contributed by atoms with Gasteiger partial charge in [0.25, 0.3) is 5.91 Å². The molecule has 4 unspecified atom stereocenters. The zero-order valence-electron chi connectivity index (χ0n) is 32.2. The summed E-state index contributed by atoms with van der Waals surface area (Å²) in [7, 11) is 0. The zero-order valence-corrected chi connectivity index (χ0v) is 32.2. The number of nitrogens with one attached hydrogen (secondary N) is 3. The van der Waals surface area contributed by atoms with E-state index in [2.05, 4.69) is 36.7 Å². The number of nitrogens with zero attached hydrogens (tertiary/aromatic N) is 1. The van der Waals surface area contributed by atoms with Gasteiger partial charge < -0.3 is 31.3 Å². The van der Waals surface area contributed by atoms with Crippen LogP contribution in [0.3, 0.4) is 0 Å². The standard InChI is InChI=1S/C29H49N5O7.C5H10.C3H8/c1-16-14-19(24(37)31-17(2)21(35)23(30)36)34(15-16)25(38)22(28(3,4)5)33-27(40)32-20(18-12-10-9-11-13-18)26(39)41-29(6,7)8;1-5-3-2-4-5;1-3-2/h16-20,22H,9-15H2,1-8H3,(H2,30,36)(H,31,37)(H2,32,33,40);5H,2-4H2,1H3;3H2,1-2H3/t16-,17?,19?,20?,22?;;/m1../s1. The lowest BCUT2D eigenvalue weighted by Crippen LogP contribution is -2.61. The van der Waals surface area contributed by atoms with Gasteiger partial charge in [0.2, 0.25) is 17.6 Å². The molecule has 0 spiro atoms. The fourth-order valence-corrected chi connectivity index (χ4v) is 6.07. The van der Waals surface area contributed by atoms with Crippen LogP contribution in [0.4, 0.5) is 4.79 Å². The molecule has 0 aromatic rings. The second-order valence-corrected chi connectivity index (χ2v) is 16.4. The van der Waals surface area contributed by atoms with Crippen LogP contribution in [-0.4, -0.2) is 76.7 Å². The Labute approximate surface area is 295 Å². The van der Waals surface area contributed by atoms with Crippen LogP contribution in [0.2, 0.25) is 0 Å². The van der Waals surface area contributed by atoms with Crippen molar-refractivity contribution < 1.29 is 33.5 Å². The number of ketones is 1. The van der Waals surface area contributed by atoms with Crippen LogP contribution in [-0.2, 0) is 28.7 Å². The Hall–Kier alpha value is -3.18. The normalized spacial score (nSPS) is 21.6. The number of rotatable bonds is 9. The number of Topliss-reactive ketones (excluding diaryl/α,β-unsaturated/α-hetero) is 1. The number of carbonyl (C=O) groups excluding carboxylic acids is 6. The Kier molecular flexibility index (Phi) is 17.8. The van der Waals surface area contributed by atoms with E-state index in [1.807, 2.05) is 6.92 Å². The lowest BCUT2D eigenvalue weighted by molar-refractivity contribution is -0.159. The summed E-state index contributed by atoms with van der Waals surface area (Å²) in [6.07, 6.45) is 10.6. The van der Waals surface area contributed by atoms with Crippen LogP contribution in [0.1, 0.15) is 140 Å². The Balaban J connectivity index is 0.00000132. The molecule has 5 atom stereocenters. The van der Waals surface area contributed by atoms with E-state index in [1.54, 1.807) is 41.5 Å². The maximum absolute atomic E-state index is 13.9. The molecule has 0 aromatic heterocycles. The third-order valence-corrected chi connectivity index (χ3v) is 8.94. The van der Waals surface area contributed by atoms with E-state index in [1.165, 1.54) is 37.5 Å². The molecule has 0 aromatic carbocycles. The number of esters is 1. The van der Waals surface area contributed by atoms with Gasteiger partial charge in [0.05, 0.1) is 6.04 Å². The number of hydrogen-bond donors (Lipinski definition) is 4. The Bertz CT molecular complexity index is 1120. The number of primary amides is 1. The van der Waals surface area contributed by atoms with Gasteiger partial charge in [-0.3, -0.25) is 19.2 Å². The minimum atomic E-state index is -1.16. The van der Waals surface area contributed by atoms with E-state index >= 15 is 0 Å². The predicted octanol–water partition coefficient (Wildman–Crippen LogP) is 5.01. The highest BCUT2D eigenvalue weighted by molar-refractivity contribution is 6.37. The molecular weight excluding hydrogens is 626 g/mol. The van der Waals surface area contributed by atoms with Crippen molar-refractivity contribution in [2.24, 2.45) is 28.9 Å². The second kappa shape index (κ2) is 19.9. The molecule has 1 heterocycles. The highest BCUT2D eigenvalue weighted by Crippen LogP contribution is 2.30. The highest BCUT2D eigenvalue weighted by Gasteiger charge is 2.45. The highest BCUT2D eigenvalue weighted by atomic mass is 16.6. The molecule has 5 N–H and O–H groups in total. The summed E-state index contributed by atoms with van der Waals surface area (Å²) < 4.78 is 5.62. The molecule has 1 saturated heterocycles. The molecule has 282 valence electrons. The van der Waals surface area contributed by atoms with E-state index < -0.39 is 70.7 Å². The first-order chi connectivity index (χ1) is 22.6. The fraction of sp³-hybridized carbons (Fsp3) is 0.838. The van der Waals surface area contributed by atoms with E-state index in [9.17, 15) is 28.8 Å². The first-order valence-corrected chi connectivity index (χ1v) is 18.4. The van der Waals surface area contributed by atoms with Crippen molar-refractivity contribution in [1.29, 1.82) is 0 Å². The SMILES string of the molecule is CC(NC(=O)C1C[C@@H](C)CN1C(=O)C(NC(=O)NC(C(=O)OC(C)(C)C)C1CCCCC1)C(C)(C)C)C(=O)C(N)=O.CC1CCC1.CCC. The van der Waals surface area contributed by atoms with Gasteiger partial charge in [-0.1, -0.05) is 93.4 Å².